The van der Waals surface area contributed by atoms with Gasteiger partial charge in [0, 0.05) is 0 Å². The van der Waals surface area contributed by atoms with Crippen molar-refractivity contribution in [3.05, 3.63) is 129 Å². The van der Waals surface area contributed by atoms with Crippen molar-refractivity contribution in [2.45, 2.75) is 67.2 Å². The summed E-state index contributed by atoms with van der Waals surface area (Å²) in [5.74, 6) is 0.696. The summed E-state index contributed by atoms with van der Waals surface area (Å²) in [6.45, 7) is 16.6. The van der Waals surface area contributed by atoms with Crippen LogP contribution in [0.5, 0.6) is 5.75 Å². The highest BCUT2D eigenvalue weighted by Gasteiger charge is 2.21. The summed E-state index contributed by atoms with van der Waals surface area (Å²) in [6, 6.07) is 5.30. The molecule has 1 N–H and O–H groups in total. The molecule has 0 aliphatic carbocycles. The van der Waals surface area contributed by atoms with Crippen LogP contribution in [0.1, 0.15) is 62.3 Å². The van der Waals surface area contributed by atoms with Crippen molar-refractivity contribution in [1.29, 1.82) is 0 Å². The Morgan fingerprint density at radius 3 is 1.43 bits per heavy atom. The van der Waals surface area contributed by atoms with Gasteiger partial charge in [-0.25, -0.2) is 16.8 Å². The smallest absolute Gasteiger partial charge is 0.206 e. The van der Waals surface area contributed by atoms with E-state index >= 15 is 0 Å². The Labute approximate surface area is 253 Å². The number of hydrogen-bond donors (Lipinski definition) is 1. The largest absolute Gasteiger partial charge is 0.508 e. The maximum Gasteiger partial charge on any atom is 0.206 e. The quantitative estimate of drug-likeness (QED) is 0.187. The molecule has 42 heavy (non-hydrogen) atoms. The average molecular weight is 613 g/mol. The summed E-state index contributed by atoms with van der Waals surface area (Å²) >= 11 is 0. The monoisotopic (exact) mass is 612 g/mol. The topological polar surface area (TPSA) is 97.7 Å². The number of sulfone groups is 2. The third-order valence-electron chi connectivity index (χ3n) is 6.16. The summed E-state index contributed by atoms with van der Waals surface area (Å²) in [5.41, 5.74) is 0.889. The second-order valence-electron chi connectivity index (χ2n) is 10.1. The van der Waals surface area contributed by atoms with Crippen molar-refractivity contribution in [3.8, 4) is 5.75 Å². The minimum absolute atomic E-state index is 0.0290. The number of aromatic hydroxyl groups is 1. The summed E-state index contributed by atoms with van der Waals surface area (Å²) in [6.07, 6.45) is 19.3. The molecule has 0 bridgehead atoms. The van der Waals surface area contributed by atoms with Crippen LogP contribution in [0, 0.1) is 5.41 Å². The lowest BCUT2D eigenvalue weighted by molar-refractivity contribution is 0.334. The van der Waals surface area contributed by atoms with Crippen molar-refractivity contribution in [3.63, 3.8) is 0 Å². The lowest BCUT2D eigenvalue weighted by atomic mass is 9.86. The third-order valence-corrected chi connectivity index (χ3v) is 10.0. The molecule has 0 aromatic heterocycles. The Morgan fingerprint density at radius 2 is 1.05 bits per heavy atom. The zero-order chi connectivity index (χ0) is 32.1. The van der Waals surface area contributed by atoms with Crippen LogP contribution < -0.4 is 0 Å². The van der Waals surface area contributed by atoms with Gasteiger partial charge in [0.05, 0.1) is 19.6 Å². The van der Waals surface area contributed by atoms with Crippen LogP contribution in [0.2, 0.25) is 0 Å². The zero-order valence-electron chi connectivity index (χ0n) is 26.0. The molecule has 0 saturated heterocycles. The van der Waals surface area contributed by atoms with E-state index < -0.39 is 19.7 Å². The number of allylic oxidation sites excluding steroid dienone is 13. The van der Waals surface area contributed by atoms with Crippen LogP contribution in [-0.4, -0.2) is 21.9 Å². The summed E-state index contributed by atoms with van der Waals surface area (Å²) in [5, 5.41) is 9.49. The Morgan fingerprint density at radius 1 is 0.619 bits per heavy atom. The van der Waals surface area contributed by atoms with Gasteiger partial charge in [0.1, 0.15) is 17.3 Å². The average Bonchev–Trinajstić information content (AvgIpc) is 2.93. The highest BCUT2D eigenvalue weighted by atomic mass is 32.2. The predicted molar refractivity (Wildman–Crippen MR) is 175 cm³/mol. The summed E-state index contributed by atoms with van der Waals surface area (Å²) in [7, 11) is -7.62. The fourth-order valence-electron chi connectivity index (χ4n) is 3.71. The molecule has 0 unspecified atom stereocenters. The maximum absolute atomic E-state index is 13.4. The van der Waals surface area contributed by atoms with Gasteiger partial charge in [0.2, 0.25) is 19.7 Å². The molecule has 0 spiro atoms. The van der Waals surface area contributed by atoms with E-state index in [0.717, 1.165) is 5.57 Å². The minimum atomic E-state index is -3.81. The SMILES string of the molecule is C\C=C(/C=C\C(=C/C)S(=O)(=O)C(/C=C\C(=C/C)C(C)(C)C)=C/C)OC(/C=C\C(=C/C)S(=O)(=O)c1ccc(O)cc1)=C/C. The van der Waals surface area contributed by atoms with Crippen LogP contribution in [0.3, 0.4) is 0 Å². The fraction of sp³-hybridized carbons (Fsp3) is 0.294. The molecule has 0 aliphatic rings. The predicted octanol–water partition coefficient (Wildman–Crippen LogP) is 8.78. The van der Waals surface area contributed by atoms with Gasteiger partial charge < -0.3 is 9.84 Å². The molecule has 6 nitrogen and oxygen atoms in total. The van der Waals surface area contributed by atoms with Gasteiger partial charge in [0.25, 0.3) is 0 Å². The zero-order valence-corrected chi connectivity index (χ0v) is 27.7. The molecule has 1 aromatic carbocycles. The van der Waals surface area contributed by atoms with E-state index in [-0.39, 0.29) is 30.8 Å². The van der Waals surface area contributed by atoms with Crippen molar-refractivity contribution in [2.24, 2.45) is 5.41 Å². The van der Waals surface area contributed by atoms with E-state index in [0.29, 0.717) is 11.5 Å². The first-order valence-corrected chi connectivity index (χ1v) is 16.6. The van der Waals surface area contributed by atoms with Gasteiger partial charge in [-0.1, -0.05) is 51.2 Å². The van der Waals surface area contributed by atoms with Crippen molar-refractivity contribution in [1.82, 2.24) is 0 Å². The highest BCUT2D eigenvalue weighted by molar-refractivity contribution is 7.99. The van der Waals surface area contributed by atoms with Gasteiger partial charge in [0.15, 0.2) is 0 Å². The van der Waals surface area contributed by atoms with E-state index in [1.807, 2.05) is 19.1 Å². The summed E-state index contributed by atoms with van der Waals surface area (Å²) in [4.78, 5) is 0.386. The van der Waals surface area contributed by atoms with Gasteiger partial charge in [-0.15, -0.1) is 0 Å². The number of phenolic OH excluding ortho intramolecular Hbond substituents is 1. The van der Waals surface area contributed by atoms with E-state index in [1.165, 1.54) is 54.6 Å². The minimum Gasteiger partial charge on any atom is -0.508 e. The number of benzene rings is 1. The molecule has 1 aromatic rings. The van der Waals surface area contributed by atoms with E-state index in [9.17, 15) is 21.9 Å². The normalized spacial score (nSPS) is 15.8. The molecule has 228 valence electrons. The molecular formula is C34H44O6S2. The van der Waals surface area contributed by atoms with E-state index in [1.54, 1.807) is 65.0 Å². The van der Waals surface area contributed by atoms with Crippen LogP contribution >= 0.6 is 0 Å². The molecule has 0 aliphatic heterocycles. The molecule has 0 atom stereocenters. The van der Waals surface area contributed by atoms with Crippen LogP contribution in [0.15, 0.2) is 134 Å². The third kappa shape index (κ3) is 10.0. The number of hydrogen-bond acceptors (Lipinski definition) is 6. The van der Waals surface area contributed by atoms with Crippen LogP contribution in [0.25, 0.3) is 0 Å². The fourth-order valence-corrected chi connectivity index (χ4v) is 6.43. The Balaban J connectivity index is 3.21. The standard InChI is InChI=1S/C34H44O6S2/c1-10-26(34(7,8)9)16-21-30(13-4)41(36,37)31(14-5)24-19-28(11-2)40-29(12-3)20-25-32(15-6)42(38,39)33-22-17-27(35)18-23-33/h10-25,35H,1-9H3/b21-16-,24-19-,25-20-,26-10+,28-11+,29-12+,30-13+,31-14+,32-15+. The maximum atomic E-state index is 13.4. The van der Waals surface area contributed by atoms with Gasteiger partial charge in [-0.2, -0.15) is 0 Å². The van der Waals surface area contributed by atoms with Crippen molar-refractivity contribution < 1.29 is 26.7 Å². The van der Waals surface area contributed by atoms with E-state index in [4.69, 9.17) is 4.74 Å². The first-order valence-electron chi connectivity index (χ1n) is 13.6. The highest BCUT2D eigenvalue weighted by Crippen LogP contribution is 2.28. The van der Waals surface area contributed by atoms with Crippen LogP contribution in [0.4, 0.5) is 0 Å². The molecule has 8 heteroatoms. The van der Waals surface area contributed by atoms with Crippen molar-refractivity contribution >= 4 is 19.7 Å². The lowest BCUT2D eigenvalue weighted by Crippen LogP contribution is -2.08. The van der Waals surface area contributed by atoms with Crippen molar-refractivity contribution in [2.75, 3.05) is 0 Å². The molecular weight excluding hydrogens is 569 g/mol. The second kappa shape index (κ2) is 16.1. The van der Waals surface area contributed by atoms with Gasteiger partial charge in [-0.3, -0.25) is 0 Å². The Bertz CT molecular complexity index is 1580. The van der Waals surface area contributed by atoms with Gasteiger partial charge >= 0.3 is 0 Å². The molecule has 0 amide bonds. The Kier molecular flexibility index (Phi) is 14.0. The lowest BCUT2D eigenvalue weighted by Gasteiger charge is -2.20. The molecule has 1 rings (SSSR count). The van der Waals surface area contributed by atoms with Gasteiger partial charge in [-0.05, 0) is 119 Å². The van der Waals surface area contributed by atoms with E-state index in [2.05, 4.69) is 20.8 Å². The van der Waals surface area contributed by atoms with Crippen LogP contribution in [-0.2, 0) is 24.4 Å². The first-order chi connectivity index (χ1) is 19.6. The molecule has 0 fully saturated rings. The summed E-state index contributed by atoms with van der Waals surface area (Å²) < 4.78 is 58.9. The number of ether oxygens (including phenoxy) is 1. The molecule has 0 saturated carbocycles. The molecule has 0 radical (unpaired) electrons. The molecule has 0 heterocycles. The number of rotatable bonds is 12. The Hall–Kier alpha value is -3.62. The first kappa shape index (κ1) is 36.4. The number of phenols is 1. The second-order valence-corrected chi connectivity index (χ2v) is 14.0.